The number of hydrogen-bond acceptors (Lipinski definition) is 2. The molecule has 0 aromatic heterocycles. The first kappa shape index (κ1) is 15.9. The van der Waals surface area contributed by atoms with E-state index < -0.39 is 0 Å². The zero-order chi connectivity index (χ0) is 12.8. The van der Waals surface area contributed by atoms with Crippen LogP contribution in [0, 0.1) is 0 Å². The second kappa shape index (κ2) is 13.0. The molecule has 0 unspecified atom stereocenters. The lowest BCUT2D eigenvalue weighted by Gasteiger charge is -1.96. The van der Waals surface area contributed by atoms with Gasteiger partial charge in [-0.15, -0.1) is 0 Å². The van der Waals surface area contributed by atoms with Crippen molar-refractivity contribution < 1.29 is 9.90 Å². The van der Waals surface area contributed by atoms with Crippen LogP contribution in [0.3, 0.4) is 0 Å². The van der Waals surface area contributed by atoms with E-state index in [2.05, 4.69) is 24.4 Å². The van der Waals surface area contributed by atoms with Gasteiger partial charge in [-0.1, -0.05) is 38.0 Å². The van der Waals surface area contributed by atoms with Crippen molar-refractivity contribution in [3.63, 3.8) is 0 Å². The van der Waals surface area contributed by atoms with Crippen LogP contribution in [0.1, 0.15) is 45.4 Å². The number of carbonyl (C=O) groups excluding carboxylic acids is 1. The van der Waals surface area contributed by atoms with Crippen LogP contribution in [-0.4, -0.2) is 24.2 Å². The van der Waals surface area contributed by atoms with E-state index in [1.165, 1.54) is 25.3 Å². The molecule has 1 amide bonds. The summed E-state index contributed by atoms with van der Waals surface area (Å²) in [4.78, 5) is 11.1. The molecule has 98 valence electrons. The van der Waals surface area contributed by atoms with Gasteiger partial charge in [-0.25, -0.2) is 0 Å². The molecule has 0 aromatic carbocycles. The fourth-order valence-corrected chi connectivity index (χ4v) is 1.37. The van der Waals surface area contributed by atoms with E-state index in [4.69, 9.17) is 5.11 Å². The molecular weight excluding hydrogens is 214 g/mol. The summed E-state index contributed by atoms with van der Waals surface area (Å²) in [6.07, 6.45) is 14.6. The van der Waals surface area contributed by atoms with Gasteiger partial charge < -0.3 is 10.4 Å². The van der Waals surface area contributed by atoms with Gasteiger partial charge in [0.25, 0.3) is 0 Å². The van der Waals surface area contributed by atoms with E-state index in [1.54, 1.807) is 0 Å². The number of amides is 1. The number of unbranched alkanes of at least 4 members (excludes halogenated alkanes) is 4. The number of allylic oxidation sites excluding steroid dienone is 3. The Hall–Kier alpha value is -1.09. The van der Waals surface area contributed by atoms with Crippen molar-refractivity contribution in [2.45, 2.75) is 45.4 Å². The van der Waals surface area contributed by atoms with E-state index in [1.807, 2.05) is 6.08 Å². The molecule has 0 aliphatic heterocycles. The van der Waals surface area contributed by atoms with Gasteiger partial charge in [0.2, 0.25) is 5.91 Å². The van der Waals surface area contributed by atoms with Crippen LogP contribution < -0.4 is 5.32 Å². The molecule has 17 heavy (non-hydrogen) atoms. The molecule has 0 aliphatic rings. The number of aliphatic hydroxyl groups excluding tert-OH is 1. The topological polar surface area (TPSA) is 49.3 Å². The summed E-state index contributed by atoms with van der Waals surface area (Å²) in [6, 6.07) is 0. The van der Waals surface area contributed by atoms with E-state index in [0.29, 0.717) is 6.54 Å². The summed E-state index contributed by atoms with van der Waals surface area (Å²) in [5.74, 6) is -0.133. The second-order valence-electron chi connectivity index (χ2n) is 3.96. The first-order valence-electron chi connectivity index (χ1n) is 6.51. The average Bonchev–Trinajstić information content (AvgIpc) is 2.34. The summed E-state index contributed by atoms with van der Waals surface area (Å²) in [5, 5.41) is 11.1. The highest BCUT2D eigenvalue weighted by Crippen LogP contribution is 2.01. The van der Waals surface area contributed by atoms with E-state index in [9.17, 15) is 4.79 Å². The minimum atomic E-state index is -0.133. The molecule has 0 rings (SSSR count). The maximum atomic E-state index is 11.1. The highest BCUT2D eigenvalue weighted by molar-refractivity contribution is 5.87. The predicted molar refractivity (Wildman–Crippen MR) is 71.8 cm³/mol. The first-order chi connectivity index (χ1) is 8.31. The van der Waals surface area contributed by atoms with Crippen LogP contribution in [0.15, 0.2) is 24.3 Å². The molecule has 0 saturated heterocycles. The lowest BCUT2D eigenvalue weighted by atomic mass is 10.2. The van der Waals surface area contributed by atoms with Crippen LogP contribution in [-0.2, 0) is 4.79 Å². The van der Waals surface area contributed by atoms with Gasteiger partial charge in [-0.2, -0.15) is 0 Å². The average molecular weight is 239 g/mol. The van der Waals surface area contributed by atoms with Crippen molar-refractivity contribution in [2.24, 2.45) is 0 Å². The molecule has 0 aliphatic carbocycles. The summed E-state index contributed by atoms with van der Waals surface area (Å²) < 4.78 is 0. The Morgan fingerprint density at radius 3 is 2.53 bits per heavy atom. The van der Waals surface area contributed by atoms with Crippen molar-refractivity contribution >= 4 is 5.91 Å². The quantitative estimate of drug-likeness (QED) is 0.350. The minimum Gasteiger partial charge on any atom is -0.395 e. The molecule has 3 nitrogen and oxygen atoms in total. The molecule has 0 atom stereocenters. The zero-order valence-corrected chi connectivity index (χ0v) is 10.8. The Bertz CT molecular complexity index is 234. The molecule has 0 heterocycles. The van der Waals surface area contributed by atoms with E-state index in [0.717, 1.165) is 19.3 Å². The van der Waals surface area contributed by atoms with Gasteiger partial charge in [0, 0.05) is 6.54 Å². The van der Waals surface area contributed by atoms with Crippen molar-refractivity contribution in [3.05, 3.63) is 24.3 Å². The van der Waals surface area contributed by atoms with Gasteiger partial charge in [0.05, 0.1) is 6.61 Å². The van der Waals surface area contributed by atoms with E-state index in [-0.39, 0.29) is 12.5 Å². The van der Waals surface area contributed by atoms with Crippen molar-refractivity contribution in [1.29, 1.82) is 0 Å². The first-order valence-corrected chi connectivity index (χ1v) is 6.51. The Morgan fingerprint density at radius 1 is 1.12 bits per heavy atom. The third-order valence-electron chi connectivity index (χ3n) is 2.32. The van der Waals surface area contributed by atoms with Crippen molar-refractivity contribution in [1.82, 2.24) is 5.32 Å². The zero-order valence-electron chi connectivity index (χ0n) is 10.8. The second-order valence-corrected chi connectivity index (χ2v) is 3.96. The summed E-state index contributed by atoms with van der Waals surface area (Å²) in [7, 11) is 0. The largest absolute Gasteiger partial charge is 0.395 e. The number of hydrogen-bond donors (Lipinski definition) is 2. The lowest BCUT2D eigenvalue weighted by Crippen LogP contribution is -2.24. The molecule has 3 heteroatoms. The highest BCUT2D eigenvalue weighted by atomic mass is 16.3. The van der Waals surface area contributed by atoms with Gasteiger partial charge >= 0.3 is 0 Å². The summed E-state index contributed by atoms with van der Waals surface area (Å²) in [5.41, 5.74) is 0. The molecule has 2 N–H and O–H groups in total. The van der Waals surface area contributed by atoms with Gasteiger partial charge in [-0.3, -0.25) is 4.79 Å². The molecular formula is C14H25NO2. The van der Waals surface area contributed by atoms with Crippen LogP contribution in [0.4, 0.5) is 0 Å². The molecule has 0 fully saturated rings. The molecule has 0 saturated carbocycles. The SMILES string of the molecule is CCCCC/C=C\CC/C=C/C(=O)NCCO. The Balaban J connectivity index is 3.37. The molecule has 0 spiro atoms. The van der Waals surface area contributed by atoms with Crippen LogP contribution in [0.2, 0.25) is 0 Å². The van der Waals surface area contributed by atoms with Crippen LogP contribution in [0.5, 0.6) is 0 Å². The number of rotatable bonds is 10. The standard InChI is InChI=1S/C14H25NO2/c1-2-3-4-5-6-7-8-9-10-11-14(17)15-12-13-16/h6-7,10-11,16H,2-5,8-9,12-13H2,1H3,(H,15,17)/b7-6-,11-10+. The molecule has 0 aromatic rings. The van der Waals surface area contributed by atoms with Gasteiger partial charge in [-0.05, 0) is 31.8 Å². The maximum absolute atomic E-state index is 11.1. The fourth-order valence-electron chi connectivity index (χ4n) is 1.37. The Morgan fingerprint density at radius 2 is 1.82 bits per heavy atom. The Labute approximate surface area is 105 Å². The Kier molecular flexibility index (Phi) is 12.1. The lowest BCUT2D eigenvalue weighted by molar-refractivity contribution is -0.116. The minimum absolute atomic E-state index is 0.0138. The van der Waals surface area contributed by atoms with Gasteiger partial charge in [0.1, 0.15) is 0 Å². The van der Waals surface area contributed by atoms with Crippen LogP contribution >= 0.6 is 0 Å². The number of carbonyl (C=O) groups is 1. The van der Waals surface area contributed by atoms with E-state index >= 15 is 0 Å². The third kappa shape index (κ3) is 12.8. The highest BCUT2D eigenvalue weighted by Gasteiger charge is 1.90. The van der Waals surface area contributed by atoms with Crippen molar-refractivity contribution in [3.8, 4) is 0 Å². The predicted octanol–water partition coefficient (Wildman–Crippen LogP) is 2.57. The summed E-state index contributed by atoms with van der Waals surface area (Å²) in [6.45, 7) is 2.51. The monoisotopic (exact) mass is 239 g/mol. The molecule has 0 radical (unpaired) electrons. The maximum Gasteiger partial charge on any atom is 0.243 e. The number of aliphatic hydroxyl groups is 1. The summed E-state index contributed by atoms with van der Waals surface area (Å²) >= 11 is 0. The molecule has 0 bridgehead atoms. The smallest absolute Gasteiger partial charge is 0.243 e. The van der Waals surface area contributed by atoms with Crippen LogP contribution in [0.25, 0.3) is 0 Å². The van der Waals surface area contributed by atoms with Crippen molar-refractivity contribution in [2.75, 3.05) is 13.2 Å². The number of nitrogens with one attached hydrogen (secondary N) is 1. The van der Waals surface area contributed by atoms with Gasteiger partial charge in [0.15, 0.2) is 0 Å². The normalized spacial score (nSPS) is 11.4. The third-order valence-corrected chi connectivity index (χ3v) is 2.32. The fraction of sp³-hybridized carbons (Fsp3) is 0.643.